The van der Waals surface area contributed by atoms with Crippen LogP contribution in [0, 0.1) is 0 Å². The van der Waals surface area contributed by atoms with Gasteiger partial charge in [0.05, 0.1) is 12.8 Å². The van der Waals surface area contributed by atoms with Gasteiger partial charge in [-0.05, 0) is 24.3 Å². The molecule has 150 valence electrons. The maximum atomic E-state index is 12.6. The molecular formula is C22H24N4O3. The van der Waals surface area contributed by atoms with E-state index in [-0.39, 0.29) is 5.91 Å². The number of ether oxygens (including phenoxy) is 1. The van der Waals surface area contributed by atoms with Crippen LogP contribution in [-0.4, -0.2) is 54.3 Å². The summed E-state index contributed by atoms with van der Waals surface area (Å²) in [5.74, 6) is 1.95. The molecule has 0 bridgehead atoms. The fourth-order valence-electron chi connectivity index (χ4n) is 3.51. The molecule has 1 saturated heterocycles. The van der Waals surface area contributed by atoms with Crippen molar-refractivity contribution < 1.29 is 13.9 Å². The third-order valence-corrected chi connectivity index (χ3v) is 5.10. The molecule has 1 aliphatic heterocycles. The number of rotatable bonds is 6. The van der Waals surface area contributed by atoms with Crippen LogP contribution in [0.2, 0.25) is 0 Å². The number of hydrogen-bond donors (Lipinski definition) is 0. The zero-order valence-electron chi connectivity index (χ0n) is 16.5. The van der Waals surface area contributed by atoms with Crippen LogP contribution in [0.4, 0.5) is 5.69 Å². The number of amides is 1. The van der Waals surface area contributed by atoms with Gasteiger partial charge in [-0.2, -0.15) is 0 Å². The predicted molar refractivity (Wildman–Crippen MR) is 110 cm³/mol. The van der Waals surface area contributed by atoms with Gasteiger partial charge in [0.2, 0.25) is 17.7 Å². The average Bonchev–Trinajstić information content (AvgIpc) is 3.27. The van der Waals surface area contributed by atoms with E-state index in [0.717, 1.165) is 30.1 Å². The Labute approximate surface area is 169 Å². The lowest BCUT2D eigenvalue weighted by molar-refractivity contribution is -0.131. The number of benzene rings is 2. The number of methoxy groups -OCH3 is 1. The Balaban J connectivity index is 1.29. The van der Waals surface area contributed by atoms with Crippen LogP contribution in [-0.2, 0) is 11.2 Å². The molecule has 1 amide bonds. The molecule has 0 N–H and O–H groups in total. The standard InChI is InChI=1S/C22H24N4O3/c1-28-19-10-6-5-9-18(19)25-13-15-26(16-14-25)21(27)12-11-20-23-24-22(29-20)17-7-3-2-4-8-17/h2-10H,11-16H2,1H3. The van der Waals surface area contributed by atoms with Crippen molar-refractivity contribution in [1.29, 1.82) is 0 Å². The minimum Gasteiger partial charge on any atom is -0.495 e. The van der Waals surface area contributed by atoms with Gasteiger partial charge in [-0.1, -0.05) is 30.3 Å². The lowest BCUT2D eigenvalue weighted by atomic mass is 10.2. The summed E-state index contributed by atoms with van der Waals surface area (Å²) in [6, 6.07) is 17.6. The molecule has 4 rings (SSSR count). The highest BCUT2D eigenvalue weighted by molar-refractivity contribution is 5.76. The van der Waals surface area contributed by atoms with Crippen LogP contribution in [0.3, 0.4) is 0 Å². The summed E-state index contributed by atoms with van der Waals surface area (Å²) >= 11 is 0. The molecule has 29 heavy (non-hydrogen) atoms. The first-order chi connectivity index (χ1) is 14.2. The molecule has 1 aromatic heterocycles. The van der Waals surface area contributed by atoms with Gasteiger partial charge in [-0.25, -0.2) is 0 Å². The molecule has 7 nitrogen and oxygen atoms in total. The molecule has 7 heteroatoms. The number of hydrogen-bond acceptors (Lipinski definition) is 6. The normalized spacial score (nSPS) is 14.1. The Bertz CT molecular complexity index is 949. The molecular weight excluding hydrogens is 368 g/mol. The molecule has 0 atom stereocenters. The number of aryl methyl sites for hydroxylation is 1. The molecule has 2 aromatic carbocycles. The number of piperazine rings is 1. The Morgan fingerprint density at radius 2 is 1.72 bits per heavy atom. The number of carbonyl (C=O) groups is 1. The average molecular weight is 392 g/mol. The molecule has 0 spiro atoms. The van der Waals surface area contributed by atoms with Crippen molar-refractivity contribution in [1.82, 2.24) is 15.1 Å². The summed E-state index contributed by atoms with van der Waals surface area (Å²) in [5.41, 5.74) is 1.95. The lowest BCUT2D eigenvalue weighted by Gasteiger charge is -2.36. The Hall–Kier alpha value is -3.35. The van der Waals surface area contributed by atoms with Crippen molar-refractivity contribution in [2.45, 2.75) is 12.8 Å². The van der Waals surface area contributed by atoms with Crippen molar-refractivity contribution in [3.8, 4) is 17.2 Å². The topological polar surface area (TPSA) is 71.7 Å². The van der Waals surface area contributed by atoms with Crippen LogP contribution in [0.15, 0.2) is 59.0 Å². The molecule has 3 aromatic rings. The summed E-state index contributed by atoms with van der Waals surface area (Å²) in [6.07, 6.45) is 0.816. The Kier molecular flexibility index (Phi) is 5.74. The molecule has 1 fully saturated rings. The van der Waals surface area contributed by atoms with E-state index in [1.54, 1.807) is 7.11 Å². The van der Waals surface area contributed by atoms with Crippen LogP contribution in [0.5, 0.6) is 5.75 Å². The minimum atomic E-state index is 0.115. The second-order valence-electron chi connectivity index (χ2n) is 6.91. The third kappa shape index (κ3) is 4.39. The van der Waals surface area contributed by atoms with E-state index < -0.39 is 0 Å². The maximum absolute atomic E-state index is 12.6. The lowest BCUT2D eigenvalue weighted by Crippen LogP contribution is -2.48. The van der Waals surface area contributed by atoms with Gasteiger partial charge in [0.25, 0.3) is 0 Å². The first-order valence-corrected chi connectivity index (χ1v) is 9.78. The highest BCUT2D eigenvalue weighted by Crippen LogP contribution is 2.28. The Morgan fingerprint density at radius 3 is 2.48 bits per heavy atom. The van der Waals surface area contributed by atoms with Gasteiger partial charge in [0, 0.05) is 44.6 Å². The monoisotopic (exact) mass is 392 g/mol. The molecule has 2 heterocycles. The zero-order valence-corrected chi connectivity index (χ0v) is 16.5. The smallest absolute Gasteiger partial charge is 0.247 e. The van der Waals surface area contributed by atoms with E-state index in [2.05, 4.69) is 21.2 Å². The van der Waals surface area contributed by atoms with Crippen LogP contribution in [0.25, 0.3) is 11.5 Å². The van der Waals surface area contributed by atoms with Crippen molar-refractivity contribution in [3.05, 3.63) is 60.5 Å². The van der Waals surface area contributed by atoms with Crippen molar-refractivity contribution in [3.63, 3.8) is 0 Å². The molecule has 0 unspecified atom stereocenters. The van der Waals surface area contributed by atoms with Crippen molar-refractivity contribution in [2.24, 2.45) is 0 Å². The molecule has 0 saturated carbocycles. The number of carbonyl (C=O) groups excluding carboxylic acids is 1. The van der Waals surface area contributed by atoms with E-state index in [0.29, 0.717) is 37.7 Å². The van der Waals surface area contributed by atoms with E-state index >= 15 is 0 Å². The van der Waals surface area contributed by atoms with Gasteiger partial charge < -0.3 is 19.0 Å². The SMILES string of the molecule is COc1ccccc1N1CCN(C(=O)CCc2nnc(-c3ccccc3)o2)CC1. The third-order valence-electron chi connectivity index (χ3n) is 5.10. The van der Waals surface area contributed by atoms with Gasteiger partial charge in [-0.3, -0.25) is 4.79 Å². The van der Waals surface area contributed by atoms with Crippen molar-refractivity contribution >= 4 is 11.6 Å². The van der Waals surface area contributed by atoms with E-state index in [1.807, 2.05) is 53.4 Å². The minimum absolute atomic E-state index is 0.115. The summed E-state index contributed by atoms with van der Waals surface area (Å²) in [7, 11) is 1.68. The summed E-state index contributed by atoms with van der Waals surface area (Å²) in [6.45, 7) is 2.95. The van der Waals surface area contributed by atoms with Gasteiger partial charge in [-0.15, -0.1) is 10.2 Å². The number of aromatic nitrogens is 2. The quantitative estimate of drug-likeness (QED) is 0.642. The molecule has 0 radical (unpaired) electrons. The molecule has 0 aliphatic carbocycles. The first kappa shape index (κ1) is 19.0. The largest absolute Gasteiger partial charge is 0.495 e. The maximum Gasteiger partial charge on any atom is 0.247 e. The van der Waals surface area contributed by atoms with E-state index in [4.69, 9.17) is 9.15 Å². The fourth-order valence-corrected chi connectivity index (χ4v) is 3.51. The number of anilines is 1. The second-order valence-corrected chi connectivity index (χ2v) is 6.91. The molecule has 1 aliphatic rings. The highest BCUT2D eigenvalue weighted by Gasteiger charge is 2.23. The summed E-state index contributed by atoms with van der Waals surface area (Å²) < 4.78 is 11.1. The van der Waals surface area contributed by atoms with Crippen LogP contribution < -0.4 is 9.64 Å². The first-order valence-electron chi connectivity index (χ1n) is 9.78. The van der Waals surface area contributed by atoms with E-state index in [1.165, 1.54) is 0 Å². The highest BCUT2D eigenvalue weighted by atomic mass is 16.5. The zero-order chi connectivity index (χ0) is 20.1. The summed E-state index contributed by atoms with van der Waals surface area (Å²) in [4.78, 5) is 16.8. The van der Waals surface area contributed by atoms with Crippen LogP contribution >= 0.6 is 0 Å². The van der Waals surface area contributed by atoms with Gasteiger partial charge >= 0.3 is 0 Å². The number of nitrogens with zero attached hydrogens (tertiary/aromatic N) is 4. The second kappa shape index (κ2) is 8.77. The fraction of sp³-hybridized carbons (Fsp3) is 0.318. The number of para-hydroxylation sites is 2. The van der Waals surface area contributed by atoms with Crippen molar-refractivity contribution in [2.75, 3.05) is 38.2 Å². The van der Waals surface area contributed by atoms with Gasteiger partial charge in [0.15, 0.2) is 0 Å². The van der Waals surface area contributed by atoms with Gasteiger partial charge in [0.1, 0.15) is 5.75 Å². The van der Waals surface area contributed by atoms with E-state index in [9.17, 15) is 4.79 Å². The predicted octanol–water partition coefficient (Wildman–Crippen LogP) is 3.03. The summed E-state index contributed by atoms with van der Waals surface area (Å²) in [5, 5.41) is 8.15. The Morgan fingerprint density at radius 1 is 1.00 bits per heavy atom. The van der Waals surface area contributed by atoms with Crippen LogP contribution in [0.1, 0.15) is 12.3 Å².